The summed E-state index contributed by atoms with van der Waals surface area (Å²) in [4.78, 5) is 0. The van der Waals surface area contributed by atoms with Crippen molar-refractivity contribution in [1.29, 1.82) is 0 Å². The smallest absolute Gasteiger partial charge is 0.186 e. The van der Waals surface area contributed by atoms with Crippen molar-refractivity contribution in [2.75, 3.05) is 7.11 Å². The Kier molecular flexibility index (Phi) is 4.69. The van der Waals surface area contributed by atoms with Gasteiger partial charge in [-0.2, -0.15) is 0 Å². The monoisotopic (exact) mass is 321 g/mol. The molecule has 0 saturated carbocycles. The van der Waals surface area contributed by atoms with Gasteiger partial charge in [0.15, 0.2) is 6.29 Å². The highest BCUT2D eigenvalue weighted by Gasteiger charge is 2.44. The molecule has 0 aliphatic carbocycles. The van der Waals surface area contributed by atoms with Crippen molar-refractivity contribution in [1.82, 2.24) is 15.0 Å². The average molecular weight is 321 g/mol. The van der Waals surface area contributed by atoms with Crippen LogP contribution in [0.2, 0.25) is 0 Å². The van der Waals surface area contributed by atoms with E-state index >= 15 is 0 Å². The molecule has 2 heterocycles. The van der Waals surface area contributed by atoms with Gasteiger partial charge < -0.3 is 24.8 Å². The Morgan fingerprint density at radius 1 is 1.13 bits per heavy atom. The minimum atomic E-state index is -1.35. The van der Waals surface area contributed by atoms with Crippen LogP contribution in [0.4, 0.5) is 0 Å². The van der Waals surface area contributed by atoms with Gasteiger partial charge in [0.05, 0.1) is 12.7 Å². The molecule has 1 saturated heterocycles. The van der Waals surface area contributed by atoms with Crippen LogP contribution in [0.5, 0.6) is 0 Å². The quantitative estimate of drug-likeness (QED) is 0.689. The van der Waals surface area contributed by atoms with Gasteiger partial charge in [0.2, 0.25) is 0 Å². The lowest BCUT2D eigenvalue weighted by Crippen LogP contribution is -2.58. The largest absolute Gasteiger partial charge is 0.388 e. The Morgan fingerprint density at radius 3 is 2.57 bits per heavy atom. The van der Waals surface area contributed by atoms with E-state index < -0.39 is 30.7 Å². The van der Waals surface area contributed by atoms with Crippen molar-refractivity contribution >= 4 is 0 Å². The molecular formula is C15H19N3O5. The molecule has 8 nitrogen and oxygen atoms in total. The predicted octanol–water partition coefficient (Wildman–Crippen LogP) is -0.601. The van der Waals surface area contributed by atoms with Gasteiger partial charge in [-0.1, -0.05) is 35.5 Å². The third-order valence-electron chi connectivity index (χ3n) is 3.88. The Balaban J connectivity index is 1.73. The molecule has 3 N–H and O–H groups in total. The van der Waals surface area contributed by atoms with Crippen LogP contribution in [0.25, 0.3) is 11.3 Å². The van der Waals surface area contributed by atoms with Gasteiger partial charge in [0.1, 0.15) is 30.1 Å². The zero-order chi connectivity index (χ0) is 16.4. The number of aromatic nitrogens is 3. The van der Waals surface area contributed by atoms with E-state index in [9.17, 15) is 15.3 Å². The molecule has 8 heteroatoms. The molecule has 0 bridgehead atoms. The van der Waals surface area contributed by atoms with Crippen LogP contribution in [-0.4, -0.2) is 68.1 Å². The second-order valence-corrected chi connectivity index (χ2v) is 5.44. The van der Waals surface area contributed by atoms with Crippen LogP contribution in [0.1, 0.15) is 0 Å². The highest BCUT2D eigenvalue weighted by Crippen LogP contribution is 2.23. The number of rotatable bonds is 4. The van der Waals surface area contributed by atoms with Crippen molar-refractivity contribution in [3.05, 3.63) is 36.5 Å². The standard InChI is InChI=1S/C15H19N3O5/c1-22-15-14(21)13(20)12(19)11(23-15)8-18-7-10(16-17-18)9-5-3-2-4-6-9/h2-7,11-15,19-21H,8H2,1H3/t11-,12-,13?,14+,15?/m1/s1. The number of ether oxygens (including phenoxy) is 2. The van der Waals surface area contributed by atoms with Gasteiger partial charge in [-0.25, -0.2) is 4.68 Å². The minimum absolute atomic E-state index is 0.171. The van der Waals surface area contributed by atoms with Crippen molar-refractivity contribution in [3.63, 3.8) is 0 Å². The Hall–Kier alpha value is -1.84. The van der Waals surface area contributed by atoms with Crippen LogP contribution in [0, 0.1) is 0 Å². The summed E-state index contributed by atoms with van der Waals surface area (Å²) in [5, 5.41) is 37.8. The molecule has 1 aromatic carbocycles. The molecule has 1 aliphatic heterocycles. The molecule has 0 amide bonds. The molecule has 2 unspecified atom stereocenters. The average Bonchev–Trinajstić information content (AvgIpc) is 3.05. The summed E-state index contributed by atoms with van der Waals surface area (Å²) in [5.74, 6) is 0. The number of benzene rings is 1. The third-order valence-corrected chi connectivity index (χ3v) is 3.88. The second-order valence-electron chi connectivity index (χ2n) is 5.44. The van der Waals surface area contributed by atoms with Gasteiger partial charge >= 0.3 is 0 Å². The molecule has 5 atom stereocenters. The van der Waals surface area contributed by atoms with E-state index in [1.807, 2.05) is 30.3 Å². The van der Waals surface area contributed by atoms with Crippen molar-refractivity contribution in [2.24, 2.45) is 0 Å². The summed E-state index contributed by atoms with van der Waals surface area (Å²) >= 11 is 0. The summed E-state index contributed by atoms with van der Waals surface area (Å²) in [5.41, 5.74) is 1.62. The fraction of sp³-hybridized carbons (Fsp3) is 0.467. The van der Waals surface area contributed by atoms with E-state index in [4.69, 9.17) is 9.47 Å². The number of hydrogen-bond acceptors (Lipinski definition) is 7. The molecule has 3 rings (SSSR count). The minimum Gasteiger partial charge on any atom is -0.388 e. The SMILES string of the molecule is COC1O[C@H](Cn2cc(-c3ccccc3)nn2)[C@@H](O)C(O)[C@@H]1O. The first kappa shape index (κ1) is 16.0. The molecule has 2 aromatic rings. The zero-order valence-corrected chi connectivity index (χ0v) is 12.6. The van der Waals surface area contributed by atoms with Gasteiger partial charge in [-0.3, -0.25) is 0 Å². The van der Waals surface area contributed by atoms with E-state index in [1.54, 1.807) is 6.20 Å². The molecular weight excluding hydrogens is 302 g/mol. The third kappa shape index (κ3) is 3.26. The van der Waals surface area contributed by atoms with Crippen LogP contribution >= 0.6 is 0 Å². The second kappa shape index (κ2) is 6.73. The van der Waals surface area contributed by atoms with Gasteiger partial charge in [-0.15, -0.1) is 5.10 Å². The fourth-order valence-corrected chi connectivity index (χ4v) is 2.58. The Labute approximate surface area is 132 Å². The Bertz CT molecular complexity index is 633. The van der Waals surface area contributed by atoms with E-state index in [-0.39, 0.29) is 6.54 Å². The summed E-state index contributed by atoms with van der Waals surface area (Å²) in [7, 11) is 1.36. The molecule has 124 valence electrons. The van der Waals surface area contributed by atoms with Crippen molar-refractivity contribution < 1.29 is 24.8 Å². The van der Waals surface area contributed by atoms with E-state index in [1.165, 1.54) is 11.8 Å². The normalized spacial score (nSPS) is 31.2. The lowest BCUT2D eigenvalue weighted by atomic mass is 9.99. The molecule has 1 aromatic heterocycles. The fourth-order valence-electron chi connectivity index (χ4n) is 2.58. The molecule has 1 aliphatic rings. The summed E-state index contributed by atoms with van der Waals surface area (Å²) in [6.07, 6.45) is -3.96. The van der Waals surface area contributed by atoms with Gasteiger partial charge in [-0.05, 0) is 0 Å². The predicted molar refractivity (Wildman–Crippen MR) is 79.1 cm³/mol. The number of hydrogen-bond donors (Lipinski definition) is 3. The number of methoxy groups -OCH3 is 1. The van der Waals surface area contributed by atoms with Crippen molar-refractivity contribution in [3.8, 4) is 11.3 Å². The first-order valence-electron chi connectivity index (χ1n) is 7.28. The summed E-state index contributed by atoms with van der Waals surface area (Å²) in [6, 6.07) is 9.56. The van der Waals surface area contributed by atoms with Crippen LogP contribution in [0.3, 0.4) is 0 Å². The maximum Gasteiger partial charge on any atom is 0.186 e. The van der Waals surface area contributed by atoms with Crippen LogP contribution in [0.15, 0.2) is 36.5 Å². The summed E-state index contributed by atoms with van der Waals surface area (Å²) < 4.78 is 12.0. The van der Waals surface area contributed by atoms with E-state index in [0.717, 1.165) is 5.56 Å². The lowest BCUT2D eigenvalue weighted by molar-refractivity contribution is -0.292. The highest BCUT2D eigenvalue weighted by atomic mass is 16.7. The topological polar surface area (TPSA) is 110 Å². The molecule has 1 fully saturated rings. The lowest BCUT2D eigenvalue weighted by Gasteiger charge is -2.39. The van der Waals surface area contributed by atoms with Crippen LogP contribution in [-0.2, 0) is 16.0 Å². The number of aliphatic hydroxyl groups is 3. The van der Waals surface area contributed by atoms with E-state index in [0.29, 0.717) is 5.69 Å². The van der Waals surface area contributed by atoms with Gasteiger partial charge in [0, 0.05) is 12.7 Å². The number of aliphatic hydroxyl groups excluding tert-OH is 3. The molecule has 23 heavy (non-hydrogen) atoms. The first-order valence-corrected chi connectivity index (χ1v) is 7.28. The van der Waals surface area contributed by atoms with Crippen LogP contribution < -0.4 is 0 Å². The molecule has 0 spiro atoms. The van der Waals surface area contributed by atoms with Crippen molar-refractivity contribution in [2.45, 2.75) is 37.3 Å². The maximum absolute atomic E-state index is 10.1. The zero-order valence-electron chi connectivity index (χ0n) is 12.6. The first-order chi connectivity index (χ1) is 11.1. The molecule has 0 radical (unpaired) electrons. The number of nitrogens with zero attached hydrogens (tertiary/aromatic N) is 3. The van der Waals surface area contributed by atoms with Gasteiger partial charge in [0.25, 0.3) is 0 Å². The summed E-state index contributed by atoms with van der Waals surface area (Å²) in [6.45, 7) is 0.171. The highest BCUT2D eigenvalue weighted by molar-refractivity contribution is 5.57. The maximum atomic E-state index is 10.1. The Morgan fingerprint density at radius 2 is 1.87 bits per heavy atom. The van der Waals surface area contributed by atoms with E-state index in [2.05, 4.69) is 10.3 Å².